The topological polar surface area (TPSA) is 65.4 Å². The zero-order valence-corrected chi connectivity index (χ0v) is 8.27. The van der Waals surface area contributed by atoms with Gasteiger partial charge in [0.2, 0.25) is 0 Å². The number of aromatic nitrogens is 1. The van der Waals surface area contributed by atoms with E-state index in [1.165, 1.54) is 0 Å². The molecule has 0 unspecified atom stereocenters. The molecule has 0 bridgehead atoms. The second-order valence-electron chi connectivity index (χ2n) is 3.55. The maximum absolute atomic E-state index is 9.02. The lowest BCUT2D eigenvalue weighted by molar-refractivity contribution is 0.103. The van der Waals surface area contributed by atoms with Gasteiger partial charge in [0.15, 0.2) is 0 Å². The molecule has 0 aromatic carbocycles. The summed E-state index contributed by atoms with van der Waals surface area (Å²) in [5, 5.41) is 21.1. The molecular formula is C10H16N2O2. The van der Waals surface area contributed by atoms with E-state index < -0.39 is 5.54 Å². The Labute approximate surface area is 83.6 Å². The standard InChI is InChI=1S/C10H16N2O2/c1-10(7-13,8-14)12-6-9-4-2-3-5-11-9/h2-5,12-14H,6-8H2,1H3. The zero-order valence-electron chi connectivity index (χ0n) is 8.27. The van der Waals surface area contributed by atoms with E-state index in [-0.39, 0.29) is 13.2 Å². The van der Waals surface area contributed by atoms with Crippen molar-refractivity contribution in [1.82, 2.24) is 10.3 Å². The zero-order chi connectivity index (χ0) is 10.4. The minimum Gasteiger partial charge on any atom is -0.394 e. The van der Waals surface area contributed by atoms with Crippen LogP contribution in [-0.4, -0.2) is 33.9 Å². The van der Waals surface area contributed by atoms with Crippen LogP contribution in [0, 0.1) is 0 Å². The predicted molar refractivity (Wildman–Crippen MR) is 53.7 cm³/mol. The third-order valence-corrected chi connectivity index (χ3v) is 2.12. The molecule has 0 atom stereocenters. The molecule has 1 rings (SSSR count). The van der Waals surface area contributed by atoms with Crippen LogP contribution in [0.3, 0.4) is 0 Å². The minimum atomic E-state index is -0.641. The molecule has 1 aromatic rings. The SMILES string of the molecule is CC(CO)(CO)NCc1ccccn1. The van der Waals surface area contributed by atoms with Gasteiger partial charge in [-0.1, -0.05) is 6.07 Å². The highest BCUT2D eigenvalue weighted by Crippen LogP contribution is 2.02. The molecule has 0 aliphatic rings. The average molecular weight is 196 g/mol. The van der Waals surface area contributed by atoms with E-state index in [1.54, 1.807) is 13.1 Å². The van der Waals surface area contributed by atoms with E-state index in [0.29, 0.717) is 6.54 Å². The number of pyridine rings is 1. The molecule has 0 aliphatic heterocycles. The van der Waals surface area contributed by atoms with Gasteiger partial charge in [-0.3, -0.25) is 4.98 Å². The minimum absolute atomic E-state index is 0.101. The molecule has 0 aliphatic carbocycles. The highest BCUT2D eigenvalue weighted by molar-refractivity contribution is 5.03. The van der Waals surface area contributed by atoms with Crippen LogP contribution in [0.1, 0.15) is 12.6 Å². The molecule has 78 valence electrons. The van der Waals surface area contributed by atoms with Crippen LogP contribution in [-0.2, 0) is 6.54 Å². The lowest BCUT2D eigenvalue weighted by atomic mass is 10.1. The highest BCUT2D eigenvalue weighted by Gasteiger charge is 2.20. The quantitative estimate of drug-likeness (QED) is 0.616. The van der Waals surface area contributed by atoms with Crippen LogP contribution in [0.2, 0.25) is 0 Å². The van der Waals surface area contributed by atoms with E-state index in [1.807, 2.05) is 18.2 Å². The second-order valence-corrected chi connectivity index (χ2v) is 3.55. The molecule has 0 radical (unpaired) electrons. The first kappa shape index (κ1) is 11.1. The van der Waals surface area contributed by atoms with Gasteiger partial charge in [0.05, 0.1) is 24.4 Å². The Hall–Kier alpha value is -0.970. The third-order valence-electron chi connectivity index (χ3n) is 2.12. The lowest BCUT2D eigenvalue weighted by Crippen LogP contribution is -2.48. The fraction of sp³-hybridized carbons (Fsp3) is 0.500. The monoisotopic (exact) mass is 196 g/mol. The Morgan fingerprint density at radius 3 is 2.57 bits per heavy atom. The predicted octanol–water partition coefficient (Wildman–Crippen LogP) is -0.0855. The van der Waals surface area contributed by atoms with Gasteiger partial charge >= 0.3 is 0 Å². The van der Waals surface area contributed by atoms with E-state index in [4.69, 9.17) is 10.2 Å². The molecule has 1 heterocycles. The van der Waals surface area contributed by atoms with Gasteiger partial charge in [-0.25, -0.2) is 0 Å². The normalized spacial score (nSPS) is 11.6. The molecule has 0 spiro atoms. The summed E-state index contributed by atoms with van der Waals surface area (Å²) in [6, 6.07) is 5.64. The highest BCUT2D eigenvalue weighted by atomic mass is 16.3. The van der Waals surface area contributed by atoms with Crippen LogP contribution in [0.15, 0.2) is 24.4 Å². The summed E-state index contributed by atoms with van der Waals surface area (Å²) in [6.45, 7) is 2.10. The smallest absolute Gasteiger partial charge is 0.0633 e. The number of hydrogen-bond donors (Lipinski definition) is 3. The molecule has 0 fully saturated rings. The van der Waals surface area contributed by atoms with Crippen molar-refractivity contribution >= 4 is 0 Å². The fourth-order valence-electron chi connectivity index (χ4n) is 0.968. The second kappa shape index (κ2) is 5.05. The van der Waals surface area contributed by atoms with E-state index >= 15 is 0 Å². The van der Waals surface area contributed by atoms with Crippen molar-refractivity contribution in [3.8, 4) is 0 Å². The van der Waals surface area contributed by atoms with E-state index in [9.17, 15) is 0 Å². The van der Waals surface area contributed by atoms with Crippen molar-refractivity contribution in [3.05, 3.63) is 30.1 Å². The molecule has 0 saturated heterocycles. The van der Waals surface area contributed by atoms with Gasteiger partial charge in [-0.05, 0) is 19.1 Å². The average Bonchev–Trinajstić information content (AvgIpc) is 2.27. The Balaban J connectivity index is 2.48. The lowest BCUT2D eigenvalue weighted by Gasteiger charge is -2.25. The Morgan fingerprint density at radius 1 is 1.36 bits per heavy atom. The molecule has 3 N–H and O–H groups in total. The van der Waals surface area contributed by atoms with Crippen LogP contribution < -0.4 is 5.32 Å². The molecular weight excluding hydrogens is 180 g/mol. The first-order valence-electron chi connectivity index (χ1n) is 4.57. The summed E-state index contributed by atoms with van der Waals surface area (Å²) in [5.41, 5.74) is 0.248. The van der Waals surface area contributed by atoms with Crippen molar-refractivity contribution in [2.24, 2.45) is 0 Å². The number of hydrogen-bond acceptors (Lipinski definition) is 4. The van der Waals surface area contributed by atoms with E-state index in [2.05, 4.69) is 10.3 Å². The van der Waals surface area contributed by atoms with Gasteiger partial charge in [0.25, 0.3) is 0 Å². The van der Waals surface area contributed by atoms with Crippen LogP contribution in [0.25, 0.3) is 0 Å². The summed E-state index contributed by atoms with van der Waals surface area (Å²) in [5.74, 6) is 0. The molecule has 4 nitrogen and oxygen atoms in total. The molecule has 1 aromatic heterocycles. The van der Waals surface area contributed by atoms with Crippen molar-refractivity contribution in [2.75, 3.05) is 13.2 Å². The van der Waals surface area contributed by atoms with Gasteiger partial charge in [0.1, 0.15) is 0 Å². The van der Waals surface area contributed by atoms with E-state index in [0.717, 1.165) is 5.69 Å². The maximum atomic E-state index is 9.02. The summed E-state index contributed by atoms with van der Waals surface area (Å²) >= 11 is 0. The first-order chi connectivity index (χ1) is 6.70. The summed E-state index contributed by atoms with van der Waals surface area (Å²) in [4.78, 5) is 4.12. The third kappa shape index (κ3) is 3.06. The number of aliphatic hydroxyl groups excluding tert-OH is 2. The summed E-state index contributed by atoms with van der Waals surface area (Å²) in [7, 11) is 0. The van der Waals surface area contributed by atoms with Crippen LogP contribution in [0.4, 0.5) is 0 Å². The molecule has 14 heavy (non-hydrogen) atoms. The molecule has 4 heteroatoms. The Morgan fingerprint density at radius 2 is 2.07 bits per heavy atom. The van der Waals surface area contributed by atoms with Gasteiger partial charge in [0, 0.05) is 12.7 Å². The van der Waals surface area contributed by atoms with Crippen molar-refractivity contribution in [3.63, 3.8) is 0 Å². The largest absolute Gasteiger partial charge is 0.394 e. The number of aliphatic hydroxyl groups is 2. The Kier molecular flexibility index (Phi) is 4.00. The van der Waals surface area contributed by atoms with Crippen LogP contribution in [0.5, 0.6) is 0 Å². The van der Waals surface area contributed by atoms with Crippen molar-refractivity contribution in [1.29, 1.82) is 0 Å². The number of rotatable bonds is 5. The van der Waals surface area contributed by atoms with Gasteiger partial charge in [-0.15, -0.1) is 0 Å². The van der Waals surface area contributed by atoms with Crippen molar-refractivity contribution in [2.45, 2.75) is 19.0 Å². The van der Waals surface area contributed by atoms with Crippen molar-refractivity contribution < 1.29 is 10.2 Å². The van der Waals surface area contributed by atoms with Gasteiger partial charge in [-0.2, -0.15) is 0 Å². The maximum Gasteiger partial charge on any atom is 0.0633 e. The molecule has 0 saturated carbocycles. The Bertz CT molecular complexity index is 260. The summed E-state index contributed by atoms with van der Waals surface area (Å²) in [6.07, 6.45) is 1.71. The van der Waals surface area contributed by atoms with Crippen LogP contribution >= 0.6 is 0 Å². The number of nitrogens with zero attached hydrogens (tertiary/aromatic N) is 1. The summed E-state index contributed by atoms with van der Waals surface area (Å²) < 4.78 is 0. The fourth-order valence-corrected chi connectivity index (χ4v) is 0.968. The number of nitrogens with one attached hydrogen (secondary N) is 1. The first-order valence-corrected chi connectivity index (χ1v) is 4.57. The van der Waals surface area contributed by atoms with Gasteiger partial charge < -0.3 is 15.5 Å². The molecule has 0 amide bonds.